The molecule has 18 heavy (non-hydrogen) atoms. The zero-order valence-corrected chi connectivity index (χ0v) is 10.7. The van der Waals surface area contributed by atoms with E-state index < -0.39 is 0 Å². The predicted molar refractivity (Wildman–Crippen MR) is 73.3 cm³/mol. The van der Waals surface area contributed by atoms with Gasteiger partial charge in [-0.1, -0.05) is 18.2 Å². The molecule has 0 bridgehead atoms. The fourth-order valence-corrected chi connectivity index (χ4v) is 2.02. The van der Waals surface area contributed by atoms with Crippen molar-refractivity contribution < 1.29 is 9.53 Å². The number of rotatable bonds is 4. The summed E-state index contributed by atoms with van der Waals surface area (Å²) in [6.07, 6.45) is 5.35. The molecule has 0 radical (unpaired) electrons. The van der Waals surface area contributed by atoms with Gasteiger partial charge in [-0.2, -0.15) is 0 Å². The number of hydrogen-bond donors (Lipinski definition) is 0. The molecule has 0 fully saturated rings. The first-order valence-electron chi connectivity index (χ1n) is 6.19. The highest BCUT2D eigenvalue weighted by atomic mass is 16.5. The summed E-state index contributed by atoms with van der Waals surface area (Å²) in [5.74, 6) is -0.300. The predicted octanol–water partition coefficient (Wildman–Crippen LogP) is 3.24. The highest BCUT2D eigenvalue weighted by Crippen LogP contribution is 2.22. The van der Waals surface area contributed by atoms with Crippen LogP contribution in [0.25, 0.3) is 17.0 Å². The Morgan fingerprint density at radius 3 is 2.83 bits per heavy atom. The van der Waals surface area contributed by atoms with Gasteiger partial charge < -0.3 is 9.30 Å². The summed E-state index contributed by atoms with van der Waals surface area (Å²) in [7, 11) is 0. The van der Waals surface area contributed by atoms with Gasteiger partial charge in [0.2, 0.25) is 0 Å². The molecule has 0 aliphatic rings. The number of aryl methyl sites for hydroxylation is 1. The van der Waals surface area contributed by atoms with Crippen molar-refractivity contribution in [2.24, 2.45) is 0 Å². The first kappa shape index (κ1) is 12.4. The van der Waals surface area contributed by atoms with Gasteiger partial charge in [0.05, 0.1) is 6.61 Å². The lowest BCUT2D eigenvalue weighted by atomic mass is 10.1. The average Bonchev–Trinajstić information content (AvgIpc) is 2.75. The lowest BCUT2D eigenvalue weighted by Crippen LogP contribution is -1.98. The van der Waals surface area contributed by atoms with Crippen molar-refractivity contribution in [1.82, 2.24) is 4.57 Å². The molecule has 94 valence electrons. The van der Waals surface area contributed by atoms with E-state index in [0.717, 1.165) is 17.5 Å². The fourth-order valence-electron chi connectivity index (χ4n) is 2.02. The summed E-state index contributed by atoms with van der Waals surface area (Å²) in [6.45, 7) is 5.22. The molecule has 0 N–H and O–H groups in total. The molecular weight excluding hydrogens is 226 g/mol. The number of hydrogen-bond acceptors (Lipinski definition) is 2. The smallest absolute Gasteiger partial charge is 0.330 e. The van der Waals surface area contributed by atoms with Crippen LogP contribution in [0.3, 0.4) is 0 Å². The minimum Gasteiger partial charge on any atom is -0.463 e. The van der Waals surface area contributed by atoms with Crippen LogP contribution >= 0.6 is 0 Å². The molecule has 1 heterocycles. The van der Waals surface area contributed by atoms with E-state index >= 15 is 0 Å². The van der Waals surface area contributed by atoms with E-state index in [1.807, 2.05) is 18.2 Å². The monoisotopic (exact) mass is 243 g/mol. The van der Waals surface area contributed by atoms with E-state index in [9.17, 15) is 4.79 Å². The van der Waals surface area contributed by atoms with Gasteiger partial charge in [0, 0.05) is 35.3 Å². The van der Waals surface area contributed by atoms with Crippen LogP contribution in [-0.2, 0) is 16.1 Å². The third kappa shape index (κ3) is 2.45. The summed E-state index contributed by atoms with van der Waals surface area (Å²) in [5.41, 5.74) is 2.23. The largest absolute Gasteiger partial charge is 0.463 e. The quantitative estimate of drug-likeness (QED) is 0.609. The maximum absolute atomic E-state index is 11.3. The molecule has 2 rings (SSSR count). The number of aromatic nitrogens is 1. The number of carbonyl (C=O) groups is 1. The Bertz CT molecular complexity index is 581. The van der Waals surface area contributed by atoms with Crippen LogP contribution in [0.1, 0.15) is 19.4 Å². The average molecular weight is 243 g/mol. The molecule has 1 aromatic carbocycles. The lowest BCUT2D eigenvalue weighted by molar-refractivity contribution is -0.137. The zero-order chi connectivity index (χ0) is 13.0. The summed E-state index contributed by atoms with van der Waals surface area (Å²) >= 11 is 0. The molecule has 0 aliphatic heterocycles. The number of fused-ring (bicyclic) bond motifs is 1. The van der Waals surface area contributed by atoms with Crippen molar-refractivity contribution in [3.63, 3.8) is 0 Å². The molecule has 0 atom stereocenters. The summed E-state index contributed by atoms with van der Waals surface area (Å²) in [4.78, 5) is 11.3. The molecule has 0 saturated carbocycles. The highest BCUT2D eigenvalue weighted by Gasteiger charge is 2.04. The third-order valence-electron chi connectivity index (χ3n) is 2.85. The van der Waals surface area contributed by atoms with Gasteiger partial charge in [-0.3, -0.25) is 0 Å². The number of esters is 1. The molecule has 3 heteroatoms. The van der Waals surface area contributed by atoms with Crippen molar-refractivity contribution in [3.8, 4) is 0 Å². The van der Waals surface area contributed by atoms with Gasteiger partial charge in [0.25, 0.3) is 0 Å². The minimum atomic E-state index is -0.300. The molecule has 0 spiro atoms. The second kappa shape index (κ2) is 5.54. The third-order valence-corrected chi connectivity index (χ3v) is 2.85. The number of carbonyl (C=O) groups excluding carboxylic acids is 1. The van der Waals surface area contributed by atoms with Gasteiger partial charge in [-0.05, 0) is 26.0 Å². The standard InChI is InChI=1S/C15H17NO2/c1-3-16-11-12(9-10-15(17)18-4-2)13-7-5-6-8-14(13)16/h5-11H,3-4H2,1-2H3. The molecular formula is C15H17NO2. The lowest BCUT2D eigenvalue weighted by Gasteiger charge is -1.97. The Morgan fingerprint density at radius 1 is 1.33 bits per heavy atom. The summed E-state index contributed by atoms with van der Waals surface area (Å²) in [6, 6.07) is 8.17. The highest BCUT2D eigenvalue weighted by molar-refractivity contribution is 5.94. The van der Waals surface area contributed by atoms with Gasteiger partial charge in [-0.15, -0.1) is 0 Å². The summed E-state index contributed by atoms with van der Waals surface area (Å²) in [5, 5.41) is 1.15. The molecule has 0 amide bonds. The topological polar surface area (TPSA) is 31.2 Å². The maximum atomic E-state index is 11.3. The Balaban J connectivity index is 2.36. The molecule has 0 aliphatic carbocycles. The number of para-hydroxylation sites is 1. The van der Waals surface area contributed by atoms with Crippen LogP contribution in [0.15, 0.2) is 36.5 Å². The van der Waals surface area contributed by atoms with Crippen molar-refractivity contribution in [2.45, 2.75) is 20.4 Å². The normalized spacial score (nSPS) is 11.2. The Hall–Kier alpha value is -2.03. The van der Waals surface area contributed by atoms with E-state index in [0.29, 0.717) is 6.61 Å². The summed E-state index contributed by atoms with van der Waals surface area (Å²) < 4.78 is 7.04. The fraction of sp³-hybridized carbons (Fsp3) is 0.267. The SMILES string of the molecule is CCOC(=O)C=Cc1cn(CC)c2ccccc12. The van der Waals surface area contributed by atoms with E-state index in [2.05, 4.69) is 29.8 Å². The van der Waals surface area contributed by atoms with E-state index in [4.69, 9.17) is 4.74 Å². The van der Waals surface area contributed by atoms with Crippen LogP contribution in [0.5, 0.6) is 0 Å². The number of ether oxygens (including phenoxy) is 1. The number of nitrogens with zero attached hydrogens (tertiary/aromatic N) is 1. The van der Waals surface area contributed by atoms with Crippen molar-refractivity contribution in [2.75, 3.05) is 6.61 Å². The van der Waals surface area contributed by atoms with Gasteiger partial charge in [0.15, 0.2) is 0 Å². The van der Waals surface area contributed by atoms with Gasteiger partial charge in [0.1, 0.15) is 0 Å². The van der Waals surface area contributed by atoms with Crippen LogP contribution in [0.2, 0.25) is 0 Å². The van der Waals surface area contributed by atoms with E-state index in [1.54, 1.807) is 6.92 Å². The Morgan fingerprint density at radius 2 is 2.11 bits per heavy atom. The van der Waals surface area contributed by atoms with Crippen molar-refractivity contribution in [1.29, 1.82) is 0 Å². The molecule has 2 aromatic rings. The van der Waals surface area contributed by atoms with Crippen molar-refractivity contribution in [3.05, 3.63) is 42.1 Å². The van der Waals surface area contributed by atoms with Crippen molar-refractivity contribution >= 4 is 22.9 Å². The van der Waals surface area contributed by atoms with Crippen LogP contribution < -0.4 is 0 Å². The molecule has 3 nitrogen and oxygen atoms in total. The van der Waals surface area contributed by atoms with Gasteiger partial charge >= 0.3 is 5.97 Å². The first-order chi connectivity index (χ1) is 8.76. The minimum absolute atomic E-state index is 0.300. The Labute approximate surface area is 107 Å². The van der Waals surface area contributed by atoms with Gasteiger partial charge in [-0.25, -0.2) is 4.79 Å². The molecule has 0 unspecified atom stereocenters. The second-order valence-electron chi connectivity index (χ2n) is 3.97. The Kier molecular flexibility index (Phi) is 3.82. The van der Waals surface area contributed by atoms with Crippen LogP contribution in [0, 0.1) is 0 Å². The maximum Gasteiger partial charge on any atom is 0.330 e. The second-order valence-corrected chi connectivity index (χ2v) is 3.97. The molecule has 1 aromatic heterocycles. The van der Waals surface area contributed by atoms with E-state index in [1.165, 1.54) is 11.6 Å². The molecule has 0 saturated heterocycles. The first-order valence-corrected chi connectivity index (χ1v) is 6.19. The number of benzene rings is 1. The zero-order valence-electron chi connectivity index (χ0n) is 10.7. The van der Waals surface area contributed by atoms with Crippen LogP contribution in [0.4, 0.5) is 0 Å². The van der Waals surface area contributed by atoms with E-state index in [-0.39, 0.29) is 5.97 Å². The van der Waals surface area contributed by atoms with Crippen LogP contribution in [-0.4, -0.2) is 17.1 Å².